The molecule has 110 valence electrons. The number of hydrogen-bond acceptors (Lipinski definition) is 5. The molecule has 0 atom stereocenters. The Kier molecular flexibility index (Phi) is 4.28. The summed E-state index contributed by atoms with van der Waals surface area (Å²) >= 11 is 0. The lowest BCUT2D eigenvalue weighted by Crippen LogP contribution is -2.30. The van der Waals surface area contributed by atoms with Gasteiger partial charge in [0, 0.05) is 18.8 Å². The van der Waals surface area contributed by atoms with E-state index >= 15 is 0 Å². The third-order valence-corrected chi connectivity index (χ3v) is 3.84. The minimum absolute atomic E-state index is 0.558. The molecule has 0 radical (unpaired) electrons. The predicted molar refractivity (Wildman–Crippen MR) is 85.0 cm³/mol. The third kappa shape index (κ3) is 3.48. The molecular weight excluding hydrogens is 262 g/mol. The van der Waals surface area contributed by atoms with E-state index in [0.29, 0.717) is 5.95 Å². The van der Waals surface area contributed by atoms with E-state index in [2.05, 4.69) is 56.6 Å². The first-order valence-electron chi connectivity index (χ1n) is 7.66. The van der Waals surface area contributed by atoms with Crippen molar-refractivity contribution in [3.8, 4) is 0 Å². The molecule has 1 aliphatic rings. The number of anilines is 3. The summed E-state index contributed by atoms with van der Waals surface area (Å²) < 4.78 is 0. The molecule has 5 heteroatoms. The number of hydrogen-bond donors (Lipinski definition) is 1. The molecule has 0 saturated carbocycles. The van der Waals surface area contributed by atoms with Crippen LogP contribution in [-0.4, -0.2) is 28.3 Å². The zero-order valence-corrected chi connectivity index (χ0v) is 12.4. The molecule has 1 aromatic carbocycles. The number of aromatic nitrogens is 3. The number of nitrogens with zero attached hydrogens (tertiary/aromatic N) is 4. The van der Waals surface area contributed by atoms with Gasteiger partial charge in [0.2, 0.25) is 5.95 Å². The fourth-order valence-corrected chi connectivity index (χ4v) is 2.58. The number of nitrogens with one attached hydrogen (secondary N) is 1. The first-order valence-corrected chi connectivity index (χ1v) is 7.66. The Hall–Kier alpha value is -2.17. The van der Waals surface area contributed by atoms with Gasteiger partial charge in [0.15, 0.2) is 5.82 Å². The Balaban J connectivity index is 1.72. The second-order valence-electron chi connectivity index (χ2n) is 5.36. The van der Waals surface area contributed by atoms with E-state index in [-0.39, 0.29) is 0 Å². The Bertz CT molecular complexity index is 575. The van der Waals surface area contributed by atoms with E-state index in [4.69, 9.17) is 0 Å². The molecule has 2 aromatic rings. The van der Waals surface area contributed by atoms with Crippen LogP contribution in [0.25, 0.3) is 0 Å². The number of piperidine rings is 1. The standard InChI is InChI=1S/C16H21N5/c1-2-13-6-8-14(9-7-13)18-16-19-15(12-17-20-16)21-10-4-3-5-11-21/h6-9,12H,2-5,10-11H2,1H3,(H,18,19,20). The molecule has 1 fully saturated rings. The van der Waals surface area contributed by atoms with Gasteiger partial charge in [-0.3, -0.25) is 0 Å². The molecule has 21 heavy (non-hydrogen) atoms. The molecule has 2 heterocycles. The van der Waals surface area contributed by atoms with E-state index in [1.54, 1.807) is 6.20 Å². The molecule has 0 aliphatic carbocycles. The lowest BCUT2D eigenvalue weighted by Gasteiger charge is -2.27. The van der Waals surface area contributed by atoms with Gasteiger partial charge in [-0.05, 0) is 43.4 Å². The highest BCUT2D eigenvalue weighted by Gasteiger charge is 2.13. The van der Waals surface area contributed by atoms with Crippen molar-refractivity contribution in [2.24, 2.45) is 0 Å². The maximum atomic E-state index is 4.58. The topological polar surface area (TPSA) is 53.9 Å². The molecule has 0 amide bonds. The van der Waals surface area contributed by atoms with Crippen molar-refractivity contribution in [2.75, 3.05) is 23.3 Å². The maximum Gasteiger partial charge on any atom is 0.249 e. The van der Waals surface area contributed by atoms with Crippen LogP contribution in [0.5, 0.6) is 0 Å². The van der Waals surface area contributed by atoms with Gasteiger partial charge >= 0.3 is 0 Å². The maximum absolute atomic E-state index is 4.58. The molecule has 0 unspecified atom stereocenters. The van der Waals surface area contributed by atoms with Crippen LogP contribution in [-0.2, 0) is 6.42 Å². The summed E-state index contributed by atoms with van der Waals surface area (Å²) in [5.41, 5.74) is 2.31. The van der Waals surface area contributed by atoms with Crippen LogP contribution in [0.1, 0.15) is 31.7 Å². The monoisotopic (exact) mass is 283 g/mol. The molecule has 0 bridgehead atoms. The van der Waals surface area contributed by atoms with Crippen LogP contribution in [0.2, 0.25) is 0 Å². The van der Waals surface area contributed by atoms with Gasteiger partial charge in [0.05, 0.1) is 6.20 Å². The highest BCUT2D eigenvalue weighted by molar-refractivity contribution is 5.54. The zero-order valence-electron chi connectivity index (χ0n) is 12.4. The fraction of sp³-hybridized carbons (Fsp3) is 0.438. The SMILES string of the molecule is CCc1ccc(Nc2nncc(N3CCCCC3)n2)cc1. The molecule has 1 aliphatic heterocycles. The average molecular weight is 283 g/mol. The van der Waals surface area contributed by atoms with E-state index in [9.17, 15) is 0 Å². The lowest BCUT2D eigenvalue weighted by molar-refractivity contribution is 0.572. The second-order valence-corrected chi connectivity index (χ2v) is 5.36. The highest BCUT2D eigenvalue weighted by atomic mass is 15.3. The molecule has 0 spiro atoms. The van der Waals surface area contributed by atoms with E-state index in [1.165, 1.54) is 24.8 Å². The van der Waals surface area contributed by atoms with Gasteiger partial charge in [0.25, 0.3) is 0 Å². The number of aryl methyl sites for hydroxylation is 1. The van der Waals surface area contributed by atoms with Crippen LogP contribution >= 0.6 is 0 Å². The van der Waals surface area contributed by atoms with E-state index in [1.807, 2.05) is 0 Å². The Morgan fingerprint density at radius 1 is 1.10 bits per heavy atom. The van der Waals surface area contributed by atoms with Gasteiger partial charge in [-0.15, -0.1) is 5.10 Å². The zero-order chi connectivity index (χ0) is 14.5. The first kappa shape index (κ1) is 13.8. The number of rotatable bonds is 4. The van der Waals surface area contributed by atoms with Crippen LogP contribution in [0, 0.1) is 0 Å². The molecular formula is C16H21N5. The van der Waals surface area contributed by atoms with Gasteiger partial charge < -0.3 is 10.2 Å². The summed E-state index contributed by atoms with van der Waals surface area (Å²) in [7, 11) is 0. The highest BCUT2D eigenvalue weighted by Crippen LogP contribution is 2.19. The summed E-state index contributed by atoms with van der Waals surface area (Å²) in [5, 5.41) is 11.4. The smallest absolute Gasteiger partial charge is 0.249 e. The first-order chi connectivity index (χ1) is 10.3. The minimum Gasteiger partial charge on any atom is -0.355 e. The average Bonchev–Trinajstić information content (AvgIpc) is 2.57. The van der Waals surface area contributed by atoms with Gasteiger partial charge in [0.1, 0.15) is 0 Å². The Morgan fingerprint density at radius 2 is 1.86 bits per heavy atom. The lowest BCUT2D eigenvalue weighted by atomic mass is 10.1. The van der Waals surface area contributed by atoms with Crippen molar-refractivity contribution in [1.29, 1.82) is 0 Å². The van der Waals surface area contributed by atoms with Crippen molar-refractivity contribution in [1.82, 2.24) is 15.2 Å². The van der Waals surface area contributed by atoms with Crippen molar-refractivity contribution >= 4 is 17.5 Å². The Morgan fingerprint density at radius 3 is 2.57 bits per heavy atom. The second kappa shape index (κ2) is 6.52. The Labute approximate surface area is 125 Å². The quantitative estimate of drug-likeness (QED) is 0.934. The van der Waals surface area contributed by atoms with Crippen molar-refractivity contribution in [3.05, 3.63) is 36.0 Å². The van der Waals surface area contributed by atoms with Crippen LogP contribution < -0.4 is 10.2 Å². The predicted octanol–water partition coefficient (Wildman–Crippen LogP) is 3.17. The summed E-state index contributed by atoms with van der Waals surface area (Å²) in [6, 6.07) is 8.33. The van der Waals surface area contributed by atoms with Crippen molar-refractivity contribution in [3.63, 3.8) is 0 Å². The summed E-state index contributed by atoms with van der Waals surface area (Å²) in [4.78, 5) is 6.86. The summed E-state index contributed by atoms with van der Waals surface area (Å²) in [6.07, 6.45) is 6.56. The van der Waals surface area contributed by atoms with Gasteiger partial charge in [-0.25, -0.2) is 0 Å². The molecule has 5 nitrogen and oxygen atoms in total. The largest absolute Gasteiger partial charge is 0.355 e. The summed E-state index contributed by atoms with van der Waals surface area (Å²) in [6.45, 7) is 4.27. The minimum atomic E-state index is 0.558. The van der Waals surface area contributed by atoms with Crippen LogP contribution in [0.15, 0.2) is 30.5 Å². The normalized spacial score (nSPS) is 15.0. The molecule has 1 aromatic heterocycles. The number of benzene rings is 1. The van der Waals surface area contributed by atoms with Crippen molar-refractivity contribution in [2.45, 2.75) is 32.6 Å². The molecule has 1 saturated heterocycles. The van der Waals surface area contributed by atoms with Crippen LogP contribution in [0.3, 0.4) is 0 Å². The van der Waals surface area contributed by atoms with Gasteiger partial charge in [-0.2, -0.15) is 10.1 Å². The third-order valence-electron chi connectivity index (χ3n) is 3.84. The fourth-order valence-electron chi connectivity index (χ4n) is 2.58. The van der Waals surface area contributed by atoms with Crippen molar-refractivity contribution < 1.29 is 0 Å². The van der Waals surface area contributed by atoms with E-state index in [0.717, 1.165) is 31.0 Å². The summed E-state index contributed by atoms with van der Waals surface area (Å²) in [5.74, 6) is 1.47. The van der Waals surface area contributed by atoms with E-state index < -0.39 is 0 Å². The molecule has 1 N–H and O–H groups in total. The molecule has 3 rings (SSSR count). The van der Waals surface area contributed by atoms with Crippen LogP contribution in [0.4, 0.5) is 17.5 Å². The van der Waals surface area contributed by atoms with Gasteiger partial charge in [-0.1, -0.05) is 19.1 Å².